The van der Waals surface area contributed by atoms with Gasteiger partial charge in [0.05, 0.1) is 5.69 Å². The molecule has 0 aliphatic heterocycles. The van der Waals surface area contributed by atoms with Crippen molar-refractivity contribution in [2.45, 2.75) is 12.8 Å². The summed E-state index contributed by atoms with van der Waals surface area (Å²) in [7, 11) is 0. The third kappa shape index (κ3) is 2.25. The molecule has 3 nitrogen and oxygen atoms in total. The smallest absolute Gasteiger partial charge is 0.0648 e. The summed E-state index contributed by atoms with van der Waals surface area (Å²) in [5.74, 6) is 0. The molecule has 1 aromatic carbocycles. The lowest BCUT2D eigenvalue weighted by Gasteiger charge is -2.06. The maximum Gasteiger partial charge on any atom is 0.0648 e. The first-order valence-electron chi connectivity index (χ1n) is 5.11. The lowest BCUT2D eigenvalue weighted by molar-refractivity contribution is 0.287. The van der Waals surface area contributed by atoms with E-state index in [9.17, 15) is 0 Å². The molecule has 0 atom stereocenters. The van der Waals surface area contributed by atoms with Gasteiger partial charge in [-0.15, -0.1) is 0 Å². The molecule has 1 aromatic heterocycles. The zero-order valence-corrected chi connectivity index (χ0v) is 8.50. The number of aryl methyl sites for hydroxylation is 1. The minimum absolute atomic E-state index is 0.222. The first-order valence-corrected chi connectivity index (χ1v) is 5.11. The van der Waals surface area contributed by atoms with Gasteiger partial charge in [0.1, 0.15) is 0 Å². The van der Waals surface area contributed by atoms with Gasteiger partial charge in [0, 0.05) is 18.5 Å². The Balaban J connectivity index is 2.25. The number of hydrogen-bond donors (Lipinski definition) is 1. The molecule has 0 radical (unpaired) electrons. The van der Waals surface area contributed by atoms with Crippen molar-refractivity contribution in [3.8, 4) is 5.69 Å². The molecule has 0 fully saturated rings. The van der Waals surface area contributed by atoms with E-state index in [4.69, 9.17) is 5.11 Å². The monoisotopic (exact) mass is 202 g/mol. The van der Waals surface area contributed by atoms with Gasteiger partial charge in [-0.3, -0.25) is 0 Å². The van der Waals surface area contributed by atoms with Crippen LogP contribution in [0.2, 0.25) is 0 Å². The van der Waals surface area contributed by atoms with Crippen LogP contribution in [0.3, 0.4) is 0 Å². The molecule has 1 N–H and O–H groups in total. The molecule has 0 spiro atoms. The molecule has 1 heterocycles. The fraction of sp³-hybridized carbons (Fsp3) is 0.250. The third-order valence-corrected chi connectivity index (χ3v) is 2.31. The highest BCUT2D eigenvalue weighted by atomic mass is 16.2. The molecule has 3 heteroatoms. The van der Waals surface area contributed by atoms with Crippen molar-refractivity contribution < 1.29 is 5.11 Å². The molecule has 2 rings (SSSR count). The van der Waals surface area contributed by atoms with Gasteiger partial charge in [-0.25, -0.2) is 4.68 Å². The van der Waals surface area contributed by atoms with Crippen molar-refractivity contribution in [3.05, 3.63) is 48.3 Å². The highest BCUT2D eigenvalue weighted by Gasteiger charge is 2.03. The maximum atomic E-state index is 8.80. The van der Waals surface area contributed by atoms with E-state index in [2.05, 4.69) is 5.10 Å². The summed E-state index contributed by atoms with van der Waals surface area (Å²) in [6.07, 6.45) is 3.42. The summed E-state index contributed by atoms with van der Waals surface area (Å²) in [6.45, 7) is 0.222. The first-order chi connectivity index (χ1) is 7.42. The van der Waals surface area contributed by atoms with Gasteiger partial charge in [-0.1, -0.05) is 18.2 Å². The first kappa shape index (κ1) is 9.93. The van der Waals surface area contributed by atoms with Crippen LogP contribution < -0.4 is 0 Å². The average molecular weight is 202 g/mol. The maximum absolute atomic E-state index is 8.80. The SMILES string of the molecule is OCCCc1ccnn1-c1ccccc1. The Morgan fingerprint density at radius 3 is 2.67 bits per heavy atom. The molecule has 0 aliphatic rings. The number of para-hydroxylation sites is 1. The Kier molecular flexibility index (Phi) is 3.15. The molecule has 15 heavy (non-hydrogen) atoms. The Morgan fingerprint density at radius 1 is 1.13 bits per heavy atom. The molecule has 2 aromatic rings. The van der Waals surface area contributed by atoms with Gasteiger partial charge in [0.25, 0.3) is 0 Å². The minimum Gasteiger partial charge on any atom is -0.396 e. The number of nitrogens with zero attached hydrogens (tertiary/aromatic N) is 2. The quantitative estimate of drug-likeness (QED) is 0.821. The molecule has 0 unspecified atom stereocenters. The van der Waals surface area contributed by atoms with E-state index < -0.39 is 0 Å². The second kappa shape index (κ2) is 4.75. The van der Waals surface area contributed by atoms with Crippen LogP contribution in [0, 0.1) is 0 Å². The summed E-state index contributed by atoms with van der Waals surface area (Å²) < 4.78 is 1.91. The van der Waals surface area contributed by atoms with Crippen molar-refractivity contribution in [3.63, 3.8) is 0 Å². The van der Waals surface area contributed by atoms with Crippen LogP contribution in [0.15, 0.2) is 42.6 Å². The van der Waals surface area contributed by atoms with Crippen LogP contribution in [-0.4, -0.2) is 21.5 Å². The minimum atomic E-state index is 0.222. The fourth-order valence-corrected chi connectivity index (χ4v) is 1.58. The zero-order valence-electron chi connectivity index (χ0n) is 8.50. The van der Waals surface area contributed by atoms with E-state index in [0.717, 1.165) is 24.2 Å². The van der Waals surface area contributed by atoms with Crippen LogP contribution in [-0.2, 0) is 6.42 Å². The molecule has 0 amide bonds. The Labute approximate surface area is 89.0 Å². The standard InChI is InChI=1S/C12H14N2O/c15-10-4-7-12-8-9-13-14(12)11-5-2-1-3-6-11/h1-3,5-6,8-9,15H,4,7,10H2. The predicted molar refractivity (Wildman–Crippen MR) is 59.0 cm³/mol. The zero-order chi connectivity index (χ0) is 10.5. The average Bonchev–Trinajstić information content (AvgIpc) is 2.75. The summed E-state index contributed by atoms with van der Waals surface area (Å²) in [5.41, 5.74) is 2.20. The number of hydrogen-bond acceptors (Lipinski definition) is 2. The van der Waals surface area contributed by atoms with E-state index in [1.54, 1.807) is 6.20 Å². The van der Waals surface area contributed by atoms with Crippen LogP contribution in [0.1, 0.15) is 12.1 Å². The summed E-state index contributed by atoms with van der Waals surface area (Å²) >= 11 is 0. The van der Waals surface area contributed by atoms with Crippen molar-refractivity contribution >= 4 is 0 Å². The van der Waals surface area contributed by atoms with Gasteiger partial charge < -0.3 is 5.11 Å². The van der Waals surface area contributed by atoms with Crippen LogP contribution >= 0.6 is 0 Å². The lowest BCUT2D eigenvalue weighted by atomic mass is 10.2. The molecule has 78 valence electrons. The van der Waals surface area contributed by atoms with E-state index in [0.29, 0.717) is 0 Å². The van der Waals surface area contributed by atoms with Gasteiger partial charge in [-0.05, 0) is 31.0 Å². The molecule has 0 aliphatic carbocycles. The molecular weight excluding hydrogens is 188 g/mol. The molecular formula is C12H14N2O. The van der Waals surface area contributed by atoms with Gasteiger partial charge in [-0.2, -0.15) is 5.10 Å². The molecule has 0 saturated heterocycles. The van der Waals surface area contributed by atoms with Crippen molar-refractivity contribution in [2.24, 2.45) is 0 Å². The van der Waals surface area contributed by atoms with E-state index in [1.165, 1.54) is 0 Å². The number of rotatable bonds is 4. The number of benzene rings is 1. The normalized spacial score (nSPS) is 10.5. The van der Waals surface area contributed by atoms with E-state index in [-0.39, 0.29) is 6.61 Å². The fourth-order valence-electron chi connectivity index (χ4n) is 1.58. The Morgan fingerprint density at radius 2 is 1.93 bits per heavy atom. The van der Waals surface area contributed by atoms with Gasteiger partial charge in [0.15, 0.2) is 0 Å². The van der Waals surface area contributed by atoms with E-state index in [1.807, 2.05) is 41.1 Å². The third-order valence-electron chi connectivity index (χ3n) is 2.31. The lowest BCUT2D eigenvalue weighted by Crippen LogP contribution is -2.02. The van der Waals surface area contributed by atoms with Crippen molar-refractivity contribution in [1.82, 2.24) is 9.78 Å². The summed E-state index contributed by atoms with van der Waals surface area (Å²) in [4.78, 5) is 0. The van der Waals surface area contributed by atoms with Crippen LogP contribution in [0.25, 0.3) is 5.69 Å². The van der Waals surface area contributed by atoms with Crippen LogP contribution in [0.5, 0.6) is 0 Å². The second-order valence-electron chi connectivity index (χ2n) is 3.40. The van der Waals surface area contributed by atoms with E-state index >= 15 is 0 Å². The molecule has 0 saturated carbocycles. The topological polar surface area (TPSA) is 38.1 Å². The second-order valence-corrected chi connectivity index (χ2v) is 3.40. The van der Waals surface area contributed by atoms with Crippen LogP contribution in [0.4, 0.5) is 0 Å². The largest absolute Gasteiger partial charge is 0.396 e. The highest BCUT2D eigenvalue weighted by molar-refractivity contribution is 5.32. The molecule has 0 bridgehead atoms. The summed E-state index contributed by atoms with van der Waals surface area (Å²) in [6, 6.07) is 12.0. The number of aliphatic hydroxyl groups excluding tert-OH is 1. The predicted octanol–water partition coefficient (Wildman–Crippen LogP) is 1.80. The number of aliphatic hydroxyl groups is 1. The number of aromatic nitrogens is 2. The Hall–Kier alpha value is -1.61. The highest BCUT2D eigenvalue weighted by Crippen LogP contribution is 2.11. The van der Waals surface area contributed by atoms with Crippen molar-refractivity contribution in [2.75, 3.05) is 6.61 Å². The van der Waals surface area contributed by atoms with Gasteiger partial charge >= 0.3 is 0 Å². The van der Waals surface area contributed by atoms with Gasteiger partial charge in [0.2, 0.25) is 0 Å². The van der Waals surface area contributed by atoms with Crippen molar-refractivity contribution in [1.29, 1.82) is 0 Å². The summed E-state index contributed by atoms with van der Waals surface area (Å²) in [5, 5.41) is 13.1. The Bertz CT molecular complexity index is 409.